The van der Waals surface area contributed by atoms with Gasteiger partial charge in [0.05, 0.1) is 16.1 Å². The van der Waals surface area contributed by atoms with E-state index in [1.54, 1.807) is 0 Å². The van der Waals surface area contributed by atoms with E-state index in [1.807, 2.05) is 6.92 Å². The minimum absolute atomic E-state index is 0.137. The van der Waals surface area contributed by atoms with Gasteiger partial charge in [0.2, 0.25) is 0 Å². The molecule has 0 saturated carbocycles. The Hall–Kier alpha value is -0.520. The molecule has 2 nitrogen and oxygen atoms in total. The molecule has 0 aliphatic rings. The van der Waals surface area contributed by atoms with Crippen LogP contribution < -0.4 is 5.32 Å². The summed E-state index contributed by atoms with van der Waals surface area (Å²) >= 11 is 2.96. The standard InChI is InChI=1S/C11H14BrF2NO/c1-2-5-15-6-9(16)10-8(13)4-3-7(12)11(10)14/h3-4,9,15-16H,2,5-6H2,1H3. The molecule has 0 radical (unpaired) electrons. The summed E-state index contributed by atoms with van der Waals surface area (Å²) in [6, 6.07) is 2.41. The van der Waals surface area contributed by atoms with E-state index in [2.05, 4.69) is 21.2 Å². The van der Waals surface area contributed by atoms with Crippen LogP contribution in [0.2, 0.25) is 0 Å². The SMILES string of the molecule is CCCNCC(O)c1c(F)ccc(Br)c1F. The molecule has 1 unspecified atom stereocenters. The second-order valence-corrected chi connectivity index (χ2v) is 4.33. The molecule has 0 aromatic heterocycles. The first-order chi connectivity index (χ1) is 7.57. The van der Waals surface area contributed by atoms with E-state index < -0.39 is 17.7 Å². The molecule has 0 heterocycles. The van der Waals surface area contributed by atoms with Crippen LogP contribution in [0.15, 0.2) is 16.6 Å². The van der Waals surface area contributed by atoms with Crippen LogP contribution in [-0.4, -0.2) is 18.2 Å². The van der Waals surface area contributed by atoms with Crippen LogP contribution in [0.3, 0.4) is 0 Å². The van der Waals surface area contributed by atoms with Crippen molar-refractivity contribution in [3.05, 3.63) is 33.8 Å². The van der Waals surface area contributed by atoms with Gasteiger partial charge in [-0.2, -0.15) is 0 Å². The second-order valence-electron chi connectivity index (χ2n) is 3.48. The van der Waals surface area contributed by atoms with Gasteiger partial charge in [0.1, 0.15) is 11.6 Å². The van der Waals surface area contributed by atoms with Gasteiger partial charge in [0, 0.05) is 6.54 Å². The van der Waals surface area contributed by atoms with Crippen molar-refractivity contribution in [1.82, 2.24) is 5.32 Å². The average Bonchev–Trinajstić information content (AvgIpc) is 2.24. The van der Waals surface area contributed by atoms with Crippen LogP contribution in [0.1, 0.15) is 25.0 Å². The first-order valence-corrected chi connectivity index (χ1v) is 5.89. The molecule has 1 aromatic carbocycles. The predicted molar refractivity (Wildman–Crippen MR) is 62.2 cm³/mol. The van der Waals surface area contributed by atoms with Crippen molar-refractivity contribution in [2.24, 2.45) is 0 Å². The van der Waals surface area contributed by atoms with Gasteiger partial charge in [-0.15, -0.1) is 0 Å². The summed E-state index contributed by atoms with van der Waals surface area (Å²) in [5.41, 5.74) is -0.294. The summed E-state index contributed by atoms with van der Waals surface area (Å²) in [6.07, 6.45) is -0.278. The molecule has 0 fully saturated rings. The van der Waals surface area contributed by atoms with E-state index in [1.165, 1.54) is 6.07 Å². The third-order valence-corrected chi connectivity index (χ3v) is 2.79. The van der Waals surface area contributed by atoms with E-state index in [0.29, 0.717) is 6.54 Å². The van der Waals surface area contributed by atoms with Crippen molar-refractivity contribution >= 4 is 15.9 Å². The van der Waals surface area contributed by atoms with Crippen LogP contribution in [0.5, 0.6) is 0 Å². The van der Waals surface area contributed by atoms with Gasteiger partial charge in [0.25, 0.3) is 0 Å². The highest BCUT2D eigenvalue weighted by atomic mass is 79.9. The minimum atomic E-state index is -1.18. The molecule has 2 N–H and O–H groups in total. The highest BCUT2D eigenvalue weighted by Crippen LogP contribution is 2.26. The van der Waals surface area contributed by atoms with Gasteiger partial charge in [-0.05, 0) is 41.0 Å². The van der Waals surface area contributed by atoms with E-state index >= 15 is 0 Å². The number of aliphatic hydroxyl groups excluding tert-OH is 1. The molecule has 1 rings (SSSR count). The smallest absolute Gasteiger partial charge is 0.146 e. The molecule has 16 heavy (non-hydrogen) atoms. The van der Waals surface area contributed by atoms with Crippen molar-refractivity contribution in [2.75, 3.05) is 13.1 Å². The molecule has 1 aromatic rings. The Kier molecular flexibility index (Phi) is 5.31. The number of nitrogens with one attached hydrogen (secondary N) is 1. The fourth-order valence-electron chi connectivity index (χ4n) is 1.37. The zero-order valence-electron chi connectivity index (χ0n) is 8.93. The van der Waals surface area contributed by atoms with E-state index in [4.69, 9.17) is 0 Å². The molecule has 90 valence electrons. The molecular formula is C11H14BrF2NO. The minimum Gasteiger partial charge on any atom is -0.387 e. The normalized spacial score (nSPS) is 12.8. The van der Waals surface area contributed by atoms with Crippen LogP contribution in [0.4, 0.5) is 8.78 Å². The third kappa shape index (κ3) is 3.23. The van der Waals surface area contributed by atoms with Gasteiger partial charge in [-0.1, -0.05) is 6.92 Å². The molecule has 0 amide bonds. The van der Waals surface area contributed by atoms with Crippen LogP contribution >= 0.6 is 15.9 Å². The molecule has 0 spiro atoms. The maximum Gasteiger partial charge on any atom is 0.146 e. The molecule has 0 bridgehead atoms. The van der Waals surface area contributed by atoms with Gasteiger partial charge in [-0.3, -0.25) is 0 Å². The first-order valence-electron chi connectivity index (χ1n) is 5.10. The number of aliphatic hydroxyl groups is 1. The Morgan fingerprint density at radius 2 is 2.12 bits per heavy atom. The second kappa shape index (κ2) is 6.27. The Morgan fingerprint density at radius 1 is 1.44 bits per heavy atom. The van der Waals surface area contributed by atoms with E-state index in [9.17, 15) is 13.9 Å². The number of benzene rings is 1. The number of hydrogen-bond donors (Lipinski definition) is 2. The number of halogens is 3. The van der Waals surface area contributed by atoms with Gasteiger partial charge in [0.15, 0.2) is 0 Å². The molecule has 1 atom stereocenters. The summed E-state index contributed by atoms with van der Waals surface area (Å²) in [6.45, 7) is 2.81. The number of rotatable bonds is 5. The highest BCUT2D eigenvalue weighted by molar-refractivity contribution is 9.10. The van der Waals surface area contributed by atoms with Crippen LogP contribution in [0, 0.1) is 11.6 Å². The monoisotopic (exact) mass is 293 g/mol. The lowest BCUT2D eigenvalue weighted by Crippen LogP contribution is -2.23. The molecular weight excluding hydrogens is 280 g/mol. The van der Waals surface area contributed by atoms with Crippen molar-refractivity contribution in [3.8, 4) is 0 Å². The lowest BCUT2D eigenvalue weighted by molar-refractivity contribution is 0.165. The number of hydrogen-bond acceptors (Lipinski definition) is 2. The summed E-state index contributed by atoms with van der Waals surface area (Å²) in [5.74, 6) is -1.47. The molecule has 0 aliphatic heterocycles. The Bertz CT molecular complexity index is 360. The summed E-state index contributed by atoms with van der Waals surface area (Å²) in [7, 11) is 0. The lowest BCUT2D eigenvalue weighted by Gasteiger charge is -2.14. The Morgan fingerprint density at radius 3 is 2.75 bits per heavy atom. The third-order valence-electron chi connectivity index (χ3n) is 2.18. The highest BCUT2D eigenvalue weighted by Gasteiger charge is 2.19. The zero-order valence-corrected chi connectivity index (χ0v) is 10.5. The topological polar surface area (TPSA) is 32.3 Å². The van der Waals surface area contributed by atoms with Gasteiger partial charge in [-0.25, -0.2) is 8.78 Å². The largest absolute Gasteiger partial charge is 0.387 e. The Balaban J connectivity index is 2.81. The van der Waals surface area contributed by atoms with E-state index in [-0.39, 0.29) is 16.6 Å². The lowest BCUT2D eigenvalue weighted by atomic mass is 10.1. The summed E-state index contributed by atoms with van der Waals surface area (Å²) < 4.78 is 27.0. The maximum atomic E-state index is 13.5. The predicted octanol–water partition coefficient (Wildman–Crippen LogP) is 2.76. The van der Waals surface area contributed by atoms with Crippen LogP contribution in [0.25, 0.3) is 0 Å². The summed E-state index contributed by atoms with van der Waals surface area (Å²) in [5, 5.41) is 12.6. The van der Waals surface area contributed by atoms with Crippen molar-refractivity contribution in [2.45, 2.75) is 19.4 Å². The molecule has 5 heteroatoms. The first kappa shape index (κ1) is 13.5. The van der Waals surface area contributed by atoms with E-state index in [0.717, 1.165) is 12.5 Å². The van der Waals surface area contributed by atoms with Crippen molar-refractivity contribution in [3.63, 3.8) is 0 Å². The Labute approximate surface area is 102 Å². The quantitative estimate of drug-likeness (QED) is 0.646. The zero-order chi connectivity index (χ0) is 12.1. The fourth-order valence-corrected chi connectivity index (χ4v) is 1.71. The van der Waals surface area contributed by atoms with Gasteiger partial charge < -0.3 is 10.4 Å². The fraction of sp³-hybridized carbons (Fsp3) is 0.455. The maximum absolute atomic E-state index is 13.5. The average molecular weight is 294 g/mol. The van der Waals surface area contributed by atoms with Crippen LogP contribution in [-0.2, 0) is 0 Å². The molecule has 0 saturated heterocycles. The summed E-state index contributed by atoms with van der Waals surface area (Å²) in [4.78, 5) is 0. The molecule has 0 aliphatic carbocycles. The van der Waals surface area contributed by atoms with Crippen molar-refractivity contribution < 1.29 is 13.9 Å². The van der Waals surface area contributed by atoms with Crippen molar-refractivity contribution in [1.29, 1.82) is 0 Å². The van der Waals surface area contributed by atoms with Gasteiger partial charge >= 0.3 is 0 Å².